The van der Waals surface area contributed by atoms with E-state index < -0.39 is 0 Å². The van der Waals surface area contributed by atoms with Gasteiger partial charge in [0.2, 0.25) is 0 Å². The van der Waals surface area contributed by atoms with Gasteiger partial charge in [-0.15, -0.1) is 0 Å². The molecule has 0 aromatic rings. The molecule has 2 saturated heterocycles. The van der Waals surface area contributed by atoms with Gasteiger partial charge in [-0.1, -0.05) is 6.42 Å². The molecule has 2 atom stereocenters. The number of hydrogen-bond acceptors (Lipinski definition) is 3. The fourth-order valence-corrected chi connectivity index (χ4v) is 3.20. The van der Waals surface area contributed by atoms with Gasteiger partial charge in [0.05, 0.1) is 6.10 Å². The average molecular weight is 254 g/mol. The molecule has 2 unspecified atom stereocenters. The van der Waals surface area contributed by atoms with Crippen molar-refractivity contribution in [3.63, 3.8) is 0 Å². The van der Waals surface area contributed by atoms with E-state index in [1.54, 1.807) is 0 Å². The first-order chi connectivity index (χ1) is 8.86. The zero-order valence-corrected chi connectivity index (χ0v) is 12.0. The Morgan fingerprint density at radius 1 is 1.06 bits per heavy atom. The molecule has 2 aliphatic heterocycles. The Hall–Kier alpha value is -0.120. The summed E-state index contributed by atoms with van der Waals surface area (Å²) in [6, 6.07) is 0.817. The summed E-state index contributed by atoms with van der Waals surface area (Å²) < 4.78 is 5.74. The molecule has 2 heterocycles. The molecule has 3 nitrogen and oxygen atoms in total. The predicted octanol–water partition coefficient (Wildman–Crippen LogP) is 2.41. The van der Waals surface area contributed by atoms with Crippen LogP contribution in [0.15, 0.2) is 0 Å². The van der Waals surface area contributed by atoms with Crippen molar-refractivity contribution in [2.24, 2.45) is 0 Å². The highest BCUT2D eigenvalue weighted by Gasteiger charge is 2.18. The molecule has 0 bridgehead atoms. The summed E-state index contributed by atoms with van der Waals surface area (Å²) in [6.45, 7) is 4.57. The van der Waals surface area contributed by atoms with Gasteiger partial charge in [0.15, 0.2) is 0 Å². The maximum absolute atomic E-state index is 5.74. The Balaban J connectivity index is 1.47. The maximum Gasteiger partial charge on any atom is 0.0587 e. The molecule has 0 amide bonds. The molecule has 0 spiro atoms. The Kier molecular flexibility index (Phi) is 6.46. The second-order valence-electron chi connectivity index (χ2n) is 5.95. The van der Waals surface area contributed by atoms with Crippen molar-refractivity contribution in [2.45, 2.75) is 63.5 Å². The van der Waals surface area contributed by atoms with Crippen LogP contribution in [-0.4, -0.2) is 50.3 Å². The molecule has 2 rings (SSSR count). The lowest BCUT2D eigenvalue weighted by Gasteiger charge is -2.32. The lowest BCUT2D eigenvalue weighted by atomic mass is 10.00. The highest BCUT2D eigenvalue weighted by molar-refractivity contribution is 4.75. The van der Waals surface area contributed by atoms with Gasteiger partial charge in [-0.05, 0) is 71.6 Å². The van der Waals surface area contributed by atoms with E-state index in [9.17, 15) is 0 Å². The number of piperidine rings is 1. The monoisotopic (exact) mass is 254 g/mol. The Morgan fingerprint density at radius 2 is 1.89 bits per heavy atom. The first kappa shape index (κ1) is 14.3. The molecule has 3 heteroatoms. The second kappa shape index (κ2) is 8.13. The van der Waals surface area contributed by atoms with E-state index in [1.807, 2.05) is 0 Å². The molecule has 0 aliphatic carbocycles. The zero-order valence-electron chi connectivity index (χ0n) is 12.0. The van der Waals surface area contributed by atoms with Crippen LogP contribution >= 0.6 is 0 Å². The standard InChI is InChI=1S/C15H30N2O/c1-17-12-4-2-6-14(17)8-10-16-11-9-15-7-3-5-13-18-15/h14-16H,2-13H2,1H3. The van der Waals surface area contributed by atoms with Crippen LogP contribution in [0, 0.1) is 0 Å². The van der Waals surface area contributed by atoms with Crippen molar-refractivity contribution in [2.75, 3.05) is 33.3 Å². The minimum atomic E-state index is 0.531. The van der Waals surface area contributed by atoms with E-state index >= 15 is 0 Å². The smallest absolute Gasteiger partial charge is 0.0587 e. The van der Waals surface area contributed by atoms with Crippen molar-refractivity contribution in [1.82, 2.24) is 10.2 Å². The Bertz CT molecular complexity index is 217. The summed E-state index contributed by atoms with van der Waals surface area (Å²) in [7, 11) is 2.28. The lowest BCUT2D eigenvalue weighted by molar-refractivity contribution is 0.0115. The van der Waals surface area contributed by atoms with Crippen LogP contribution in [0.5, 0.6) is 0 Å². The zero-order chi connectivity index (χ0) is 12.6. The van der Waals surface area contributed by atoms with Crippen molar-refractivity contribution < 1.29 is 4.74 Å². The Labute approximate surface area is 112 Å². The predicted molar refractivity (Wildman–Crippen MR) is 76.0 cm³/mol. The molecular formula is C15H30N2O. The van der Waals surface area contributed by atoms with E-state index in [0.29, 0.717) is 6.10 Å². The third kappa shape index (κ3) is 4.87. The van der Waals surface area contributed by atoms with Crippen LogP contribution in [0.4, 0.5) is 0 Å². The molecule has 0 radical (unpaired) electrons. The fraction of sp³-hybridized carbons (Fsp3) is 1.00. The van der Waals surface area contributed by atoms with Crippen LogP contribution < -0.4 is 5.32 Å². The van der Waals surface area contributed by atoms with Crippen molar-refractivity contribution >= 4 is 0 Å². The molecule has 2 aliphatic rings. The SMILES string of the molecule is CN1CCCCC1CCNCCC1CCCCO1. The lowest BCUT2D eigenvalue weighted by Crippen LogP contribution is -2.38. The number of nitrogens with zero attached hydrogens (tertiary/aromatic N) is 1. The summed E-state index contributed by atoms with van der Waals surface area (Å²) >= 11 is 0. The van der Waals surface area contributed by atoms with Crippen molar-refractivity contribution in [3.05, 3.63) is 0 Å². The number of hydrogen-bond donors (Lipinski definition) is 1. The summed E-state index contributed by atoms with van der Waals surface area (Å²) in [5, 5.41) is 3.59. The summed E-state index contributed by atoms with van der Waals surface area (Å²) in [4.78, 5) is 2.54. The highest BCUT2D eigenvalue weighted by atomic mass is 16.5. The van der Waals surface area contributed by atoms with E-state index in [0.717, 1.165) is 19.2 Å². The molecule has 1 N–H and O–H groups in total. The van der Waals surface area contributed by atoms with Crippen LogP contribution in [0.1, 0.15) is 51.4 Å². The number of rotatable bonds is 6. The number of likely N-dealkylation sites (tertiary alicyclic amines) is 1. The van der Waals surface area contributed by atoms with Crippen LogP contribution in [0.25, 0.3) is 0 Å². The van der Waals surface area contributed by atoms with E-state index in [1.165, 1.54) is 64.5 Å². The Morgan fingerprint density at radius 3 is 2.67 bits per heavy atom. The third-order valence-corrected chi connectivity index (χ3v) is 4.49. The number of nitrogens with one attached hydrogen (secondary N) is 1. The van der Waals surface area contributed by atoms with Gasteiger partial charge in [0, 0.05) is 12.6 Å². The molecule has 0 aromatic carbocycles. The quantitative estimate of drug-likeness (QED) is 0.737. The minimum absolute atomic E-state index is 0.531. The van der Waals surface area contributed by atoms with Crippen LogP contribution in [0.3, 0.4) is 0 Å². The van der Waals surface area contributed by atoms with Gasteiger partial charge in [0.25, 0.3) is 0 Å². The number of ether oxygens (including phenoxy) is 1. The highest BCUT2D eigenvalue weighted by Crippen LogP contribution is 2.17. The summed E-state index contributed by atoms with van der Waals surface area (Å²) in [6.07, 6.45) is 11.1. The van der Waals surface area contributed by atoms with Gasteiger partial charge in [-0.3, -0.25) is 0 Å². The molecule has 0 aromatic heterocycles. The first-order valence-corrected chi connectivity index (χ1v) is 7.89. The van der Waals surface area contributed by atoms with Gasteiger partial charge in [0.1, 0.15) is 0 Å². The van der Waals surface area contributed by atoms with Gasteiger partial charge >= 0.3 is 0 Å². The normalized spacial score (nSPS) is 30.5. The maximum atomic E-state index is 5.74. The molecule has 0 saturated carbocycles. The van der Waals surface area contributed by atoms with Crippen molar-refractivity contribution in [1.29, 1.82) is 0 Å². The van der Waals surface area contributed by atoms with E-state index in [2.05, 4.69) is 17.3 Å². The third-order valence-electron chi connectivity index (χ3n) is 4.49. The molecular weight excluding hydrogens is 224 g/mol. The summed E-state index contributed by atoms with van der Waals surface area (Å²) in [5.74, 6) is 0. The average Bonchev–Trinajstić information content (AvgIpc) is 2.42. The first-order valence-electron chi connectivity index (χ1n) is 7.89. The van der Waals surface area contributed by atoms with E-state index in [-0.39, 0.29) is 0 Å². The van der Waals surface area contributed by atoms with Crippen molar-refractivity contribution in [3.8, 4) is 0 Å². The fourth-order valence-electron chi connectivity index (χ4n) is 3.20. The van der Waals surface area contributed by atoms with E-state index in [4.69, 9.17) is 4.74 Å². The van der Waals surface area contributed by atoms with Crippen LogP contribution in [-0.2, 0) is 4.74 Å². The topological polar surface area (TPSA) is 24.5 Å². The largest absolute Gasteiger partial charge is 0.378 e. The minimum Gasteiger partial charge on any atom is -0.378 e. The van der Waals surface area contributed by atoms with Gasteiger partial charge in [-0.25, -0.2) is 0 Å². The molecule has 106 valence electrons. The molecule has 18 heavy (non-hydrogen) atoms. The molecule has 2 fully saturated rings. The van der Waals surface area contributed by atoms with Crippen LogP contribution in [0.2, 0.25) is 0 Å². The van der Waals surface area contributed by atoms with Gasteiger partial charge < -0.3 is 15.0 Å². The van der Waals surface area contributed by atoms with Gasteiger partial charge in [-0.2, -0.15) is 0 Å². The summed E-state index contributed by atoms with van der Waals surface area (Å²) in [5.41, 5.74) is 0. The second-order valence-corrected chi connectivity index (χ2v) is 5.95.